The van der Waals surface area contributed by atoms with Crippen LogP contribution in [0, 0.1) is 5.92 Å². The number of hydrogen-bond donors (Lipinski definition) is 0. The highest BCUT2D eigenvalue weighted by atomic mass is 79.9. The fourth-order valence-electron chi connectivity index (χ4n) is 4.38. The number of rotatable bonds is 3. The minimum Gasteiger partial charge on any atom is -0.341 e. The molecule has 0 saturated carbocycles. The number of anilines is 1. The zero-order valence-electron chi connectivity index (χ0n) is 14.4. The number of carbonyl (C=O) groups excluding carboxylic acids is 2. The molecule has 3 aliphatic rings. The Bertz CT molecular complexity index is 674. The number of benzene rings is 1. The Morgan fingerprint density at radius 3 is 2.60 bits per heavy atom. The number of para-hydroxylation sites is 1. The second kappa shape index (κ2) is 7.08. The third-order valence-corrected chi connectivity index (χ3v) is 6.42. The van der Waals surface area contributed by atoms with Crippen LogP contribution in [0.3, 0.4) is 0 Å². The van der Waals surface area contributed by atoms with Crippen LogP contribution in [0.4, 0.5) is 5.69 Å². The van der Waals surface area contributed by atoms with Gasteiger partial charge < -0.3 is 9.80 Å². The molecule has 0 N–H and O–H groups in total. The number of halogens is 1. The van der Waals surface area contributed by atoms with Gasteiger partial charge in [0.05, 0.1) is 11.6 Å². The van der Waals surface area contributed by atoms with Crippen molar-refractivity contribution in [3.8, 4) is 0 Å². The van der Waals surface area contributed by atoms with Crippen LogP contribution >= 0.6 is 15.9 Å². The van der Waals surface area contributed by atoms with Crippen molar-refractivity contribution in [2.24, 2.45) is 5.92 Å². The first kappa shape index (κ1) is 17.0. The number of carbonyl (C=O) groups is 2. The summed E-state index contributed by atoms with van der Waals surface area (Å²) in [5, 5.41) is 0. The van der Waals surface area contributed by atoms with Gasteiger partial charge >= 0.3 is 0 Å². The molecule has 2 atom stereocenters. The van der Waals surface area contributed by atoms with Gasteiger partial charge in [0.1, 0.15) is 0 Å². The Morgan fingerprint density at radius 1 is 1.08 bits per heavy atom. The summed E-state index contributed by atoms with van der Waals surface area (Å²) in [5.41, 5.74) is 0.860. The average Bonchev–Trinajstić information content (AvgIpc) is 3.35. The van der Waals surface area contributed by atoms with Crippen molar-refractivity contribution in [1.82, 2.24) is 9.80 Å². The van der Waals surface area contributed by atoms with Gasteiger partial charge in [-0.1, -0.05) is 12.1 Å². The van der Waals surface area contributed by atoms with E-state index >= 15 is 0 Å². The van der Waals surface area contributed by atoms with Gasteiger partial charge in [-0.15, -0.1) is 0 Å². The molecule has 0 aromatic heterocycles. The summed E-state index contributed by atoms with van der Waals surface area (Å²) in [5.74, 6) is -0.0120. The van der Waals surface area contributed by atoms with Gasteiger partial charge in [-0.3, -0.25) is 14.5 Å². The molecule has 4 rings (SSSR count). The molecule has 5 nitrogen and oxygen atoms in total. The molecule has 0 aliphatic carbocycles. The lowest BCUT2D eigenvalue weighted by Gasteiger charge is -2.25. The molecule has 2 amide bonds. The molecular weight excluding hydrogens is 382 g/mol. The van der Waals surface area contributed by atoms with Crippen LogP contribution in [0.5, 0.6) is 0 Å². The van der Waals surface area contributed by atoms with Gasteiger partial charge in [0, 0.05) is 36.6 Å². The van der Waals surface area contributed by atoms with E-state index in [9.17, 15) is 9.59 Å². The van der Waals surface area contributed by atoms with Crippen molar-refractivity contribution in [3.05, 3.63) is 28.7 Å². The Hall–Kier alpha value is -1.40. The molecular formula is C19H24BrN3O2. The van der Waals surface area contributed by atoms with E-state index in [-0.39, 0.29) is 17.7 Å². The summed E-state index contributed by atoms with van der Waals surface area (Å²) >= 11 is 3.51. The lowest BCUT2D eigenvalue weighted by Crippen LogP contribution is -2.40. The van der Waals surface area contributed by atoms with Crippen LogP contribution < -0.4 is 4.90 Å². The number of likely N-dealkylation sites (tertiary alicyclic amines) is 2. The lowest BCUT2D eigenvalue weighted by atomic mass is 10.1. The summed E-state index contributed by atoms with van der Waals surface area (Å²) in [6.07, 6.45) is 3.95. The Kier molecular flexibility index (Phi) is 4.82. The van der Waals surface area contributed by atoms with Crippen LogP contribution in [0.1, 0.15) is 25.7 Å². The van der Waals surface area contributed by atoms with Gasteiger partial charge in [-0.2, -0.15) is 0 Å². The van der Waals surface area contributed by atoms with E-state index in [4.69, 9.17) is 0 Å². The van der Waals surface area contributed by atoms with Crippen molar-refractivity contribution in [1.29, 1.82) is 0 Å². The second-order valence-electron chi connectivity index (χ2n) is 7.33. The fraction of sp³-hybridized carbons (Fsp3) is 0.579. The average molecular weight is 406 g/mol. The number of hydrogen-bond acceptors (Lipinski definition) is 3. The first-order valence-electron chi connectivity index (χ1n) is 9.21. The van der Waals surface area contributed by atoms with Gasteiger partial charge in [-0.25, -0.2) is 0 Å². The van der Waals surface area contributed by atoms with Crippen LogP contribution in [0.25, 0.3) is 0 Å². The highest BCUT2D eigenvalue weighted by Gasteiger charge is 2.40. The maximum Gasteiger partial charge on any atom is 0.228 e. The molecule has 25 heavy (non-hydrogen) atoms. The van der Waals surface area contributed by atoms with Crippen molar-refractivity contribution in [2.45, 2.75) is 31.7 Å². The quantitative estimate of drug-likeness (QED) is 0.775. The third-order valence-electron chi connectivity index (χ3n) is 5.75. The third kappa shape index (κ3) is 3.34. The Morgan fingerprint density at radius 2 is 1.84 bits per heavy atom. The standard InChI is InChI=1S/C19H24BrN3O2/c20-16-5-1-2-6-17(16)23-12-14(11-18(23)24)19(25)22-10-7-15(13-22)21-8-3-4-9-21/h1-2,5-6,14-15H,3-4,7-13H2. The minimum absolute atomic E-state index is 0.0422. The molecule has 0 bridgehead atoms. The van der Waals surface area contributed by atoms with Crippen molar-refractivity contribution >= 4 is 33.4 Å². The largest absolute Gasteiger partial charge is 0.341 e. The van der Waals surface area contributed by atoms with E-state index in [0.717, 1.165) is 29.7 Å². The first-order valence-corrected chi connectivity index (χ1v) is 10.0. The van der Waals surface area contributed by atoms with E-state index in [1.54, 1.807) is 4.90 Å². The molecule has 3 heterocycles. The molecule has 0 spiro atoms. The molecule has 1 aromatic carbocycles. The minimum atomic E-state index is -0.211. The molecule has 0 radical (unpaired) electrons. The summed E-state index contributed by atoms with van der Waals surface area (Å²) in [6, 6.07) is 8.22. The molecule has 134 valence electrons. The van der Waals surface area contributed by atoms with Crippen LogP contribution in [-0.2, 0) is 9.59 Å². The lowest BCUT2D eigenvalue weighted by molar-refractivity contribution is -0.134. The van der Waals surface area contributed by atoms with Crippen molar-refractivity contribution < 1.29 is 9.59 Å². The molecule has 3 saturated heterocycles. The molecule has 3 aliphatic heterocycles. The smallest absolute Gasteiger partial charge is 0.228 e. The van der Waals surface area contributed by atoms with Gasteiger partial charge in [0.15, 0.2) is 0 Å². The first-order chi connectivity index (χ1) is 12.1. The van der Waals surface area contributed by atoms with Crippen LogP contribution in [0.2, 0.25) is 0 Å². The predicted molar refractivity (Wildman–Crippen MR) is 100 cm³/mol. The summed E-state index contributed by atoms with van der Waals surface area (Å²) in [4.78, 5) is 31.7. The van der Waals surface area contributed by atoms with E-state index in [1.807, 2.05) is 29.2 Å². The molecule has 1 aromatic rings. The normalized spacial score (nSPS) is 27.5. The van der Waals surface area contributed by atoms with Gasteiger partial charge in [-0.05, 0) is 60.4 Å². The van der Waals surface area contributed by atoms with Crippen molar-refractivity contribution in [3.63, 3.8) is 0 Å². The van der Waals surface area contributed by atoms with E-state index in [1.165, 1.54) is 25.9 Å². The molecule has 6 heteroatoms. The topological polar surface area (TPSA) is 43.9 Å². The summed E-state index contributed by atoms with van der Waals surface area (Å²) in [7, 11) is 0. The maximum absolute atomic E-state index is 12.9. The highest BCUT2D eigenvalue weighted by Crippen LogP contribution is 2.32. The summed E-state index contributed by atoms with van der Waals surface area (Å²) in [6.45, 7) is 4.50. The molecule has 3 fully saturated rings. The highest BCUT2D eigenvalue weighted by molar-refractivity contribution is 9.10. The van der Waals surface area contributed by atoms with E-state index in [2.05, 4.69) is 20.8 Å². The predicted octanol–water partition coefficient (Wildman–Crippen LogP) is 2.50. The summed E-state index contributed by atoms with van der Waals surface area (Å²) < 4.78 is 0.895. The number of nitrogens with zero attached hydrogens (tertiary/aromatic N) is 3. The zero-order valence-corrected chi connectivity index (χ0v) is 16.0. The monoisotopic (exact) mass is 405 g/mol. The Labute approximate surface area is 157 Å². The van der Waals surface area contributed by atoms with Crippen LogP contribution in [-0.4, -0.2) is 60.4 Å². The van der Waals surface area contributed by atoms with Crippen LogP contribution in [0.15, 0.2) is 28.7 Å². The zero-order chi connectivity index (χ0) is 17.4. The van der Waals surface area contributed by atoms with Gasteiger partial charge in [0.25, 0.3) is 0 Å². The van der Waals surface area contributed by atoms with E-state index in [0.29, 0.717) is 19.0 Å². The molecule has 2 unspecified atom stereocenters. The van der Waals surface area contributed by atoms with Gasteiger partial charge in [0.2, 0.25) is 11.8 Å². The Balaban J connectivity index is 1.40. The second-order valence-corrected chi connectivity index (χ2v) is 8.18. The maximum atomic E-state index is 12.9. The van der Waals surface area contributed by atoms with Crippen molar-refractivity contribution in [2.75, 3.05) is 37.6 Å². The number of amides is 2. The SMILES string of the molecule is O=C(C1CC(=O)N(c2ccccc2Br)C1)N1CCC(N2CCCC2)C1. The fourth-order valence-corrected chi connectivity index (χ4v) is 4.88. The van der Waals surface area contributed by atoms with E-state index < -0.39 is 0 Å².